The largest absolute Gasteiger partial charge is 0.323 e. The summed E-state index contributed by atoms with van der Waals surface area (Å²) in [5.41, 5.74) is 2.46. The Morgan fingerprint density at radius 2 is 1.71 bits per heavy atom. The number of hydrogen-bond donors (Lipinski definition) is 2. The molecule has 0 saturated carbocycles. The molecule has 2 aromatic rings. The molecule has 0 aliphatic carbocycles. The number of halogens is 2. The smallest absolute Gasteiger partial charge is 0.308 e. The minimum absolute atomic E-state index is 0.329. The van der Waals surface area contributed by atoms with Gasteiger partial charge in [-0.3, -0.25) is 4.90 Å². The standard InChI is InChI=1S/C18H19Cl2N3O/c19-15-4-3-5-16(17(15)20)22-18(24)21-14-8-6-13(7-9-14)12-23-10-1-2-11-23/h3-9H,1-2,10-12H2,(H2,21,22,24). The van der Waals surface area contributed by atoms with Crippen LogP contribution in [0.15, 0.2) is 42.5 Å². The number of anilines is 2. The van der Waals surface area contributed by atoms with Gasteiger partial charge in [-0.2, -0.15) is 0 Å². The van der Waals surface area contributed by atoms with Crippen molar-refractivity contribution < 1.29 is 4.79 Å². The van der Waals surface area contributed by atoms with Crippen LogP contribution in [0.3, 0.4) is 0 Å². The third-order valence-electron chi connectivity index (χ3n) is 4.02. The van der Waals surface area contributed by atoms with Gasteiger partial charge in [-0.15, -0.1) is 0 Å². The van der Waals surface area contributed by atoms with Crippen molar-refractivity contribution >= 4 is 40.6 Å². The number of carbonyl (C=O) groups excluding carboxylic acids is 1. The van der Waals surface area contributed by atoms with E-state index in [1.54, 1.807) is 18.2 Å². The summed E-state index contributed by atoms with van der Waals surface area (Å²) in [6.07, 6.45) is 2.57. The molecule has 0 unspecified atom stereocenters. The fourth-order valence-corrected chi connectivity index (χ4v) is 3.13. The van der Waals surface area contributed by atoms with Crippen molar-refractivity contribution in [3.05, 3.63) is 58.1 Å². The summed E-state index contributed by atoms with van der Waals surface area (Å²) < 4.78 is 0. The highest BCUT2D eigenvalue weighted by Gasteiger charge is 2.12. The number of nitrogens with one attached hydrogen (secondary N) is 2. The van der Waals surface area contributed by atoms with Gasteiger partial charge in [0.05, 0.1) is 15.7 Å². The molecule has 0 radical (unpaired) electrons. The predicted molar refractivity (Wildman–Crippen MR) is 100 cm³/mol. The Balaban J connectivity index is 1.57. The number of hydrogen-bond acceptors (Lipinski definition) is 2. The molecule has 1 saturated heterocycles. The van der Waals surface area contributed by atoms with E-state index in [1.807, 2.05) is 24.3 Å². The molecule has 6 heteroatoms. The SMILES string of the molecule is O=C(Nc1ccc(CN2CCCC2)cc1)Nc1cccc(Cl)c1Cl. The first-order chi connectivity index (χ1) is 11.6. The van der Waals surface area contributed by atoms with Gasteiger partial charge in [0.2, 0.25) is 0 Å². The zero-order chi connectivity index (χ0) is 16.9. The van der Waals surface area contributed by atoms with E-state index in [9.17, 15) is 4.79 Å². The highest BCUT2D eigenvalue weighted by molar-refractivity contribution is 6.44. The lowest BCUT2D eigenvalue weighted by molar-refractivity contribution is 0.262. The number of amides is 2. The molecule has 0 aromatic heterocycles. The van der Waals surface area contributed by atoms with Crippen LogP contribution >= 0.6 is 23.2 Å². The number of urea groups is 1. The summed E-state index contributed by atoms with van der Waals surface area (Å²) >= 11 is 12.0. The quantitative estimate of drug-likeness (QED) is 0.780. The maximum Gasteiger partial charge on any atom is 0.323 e. The molecule has 2 aromatic carbocycles. The van der Waals surface area contributed by atoms with E-state index in [4.69, 9.17) is 23.2 Å². The van der Waals surface area contributed by atoms with E-state index in [2.05, 4.69) is 15.5 Å². The first-order valence-corrected chi connectivity index (χ1v) is 8.71. The van der Waals surface area contributed by atoms with Crippen molar-refractivity contribution in [3.8, 4) is 0 Å². The van der Waals surface area contributed by atoms with E-state index < -0.39 is 0 Å². The van der Waals surface area contributed by atoms with E-state index in [-0.39, 0.29) is 6.03 Å². The second-order valence-electron chi connectivity index (χ2n) is 5.86. The third kappa shape index (κ3) is 4.41. The molecule has 1 aliphatic heterocycles. The van der Waals surface area contributed by atoms with E-state index >= 15 is 0 Å². The van der Waals surface area contributed by atoms with Crippen molar-refractivity contribution in [1.29, 1.82) is 0 Å². The van der Waals surface area contributed by atoms with E-state index in [1.165, 1.54) is 31.5 Å². The molecule has 1 fully saturated rings. The maximum absolute atomic E-state index is 12.1. The van der Waals surface area contributed by atoms with Crippen molar-refractivity contribution in [2.24, 2.45) is 0 Å². The molecule has 126 valence electrons. The molecule has 2 amide bonds. The number of carbonyl (C=O) groups is 1. The van der Waals surface area contributed by atoms with Crippen LogP contribution in [-0.2, 0) is 6.54 Å². The Morgan fingerprint density at radius 1 is 1.00 bits per heavy atom. The minimum atomic E-state index is -0.355. The van der Waals surface area contributed by atoms with Crippen molar-refractivity contribution in [2.45, 2.75) is 19.4 Å². The van der Waals surface area contributed by atoms with E-state index in [0.29, 0.717) is 15.7 Å². The number of nitrogens with zero attached hydrogens (tertiary/aromatic N) is 1. The summed E-state index contributed by atoms with van der Waals surface area (Å²) in [5.74, 6) is 0. The molecule has 1 aliphatic rings. The first-order valence-electron chi connectivity index (χ1n) is 7.95. The fraction of sp³-hybridized carbons (Fsp3) is 0.278. The van der Waals surface area contributed by atoms with Gasteiger partial charge in [0.25, 0.3) is 0 Å². The predicted octanol–water partition coefficient (Wildman–Crippen LogP) is 5.23. The van der Waals surface area contributed by atoms with Gasteiger partial charge in [0, 0.05) is 12.2 Å². The normalized spacial score (nSPS) is 14.6. The molecule has 0 bridgehead atoms. The van der Waals surface area contributed by atoms with Gasteiger partial charge in [-0.1, -0.05) is 41.4 Å². The van der Waals surface area contributed by atoms with Crippen molar-refractivity contribution in [1.82, 2.24) is 4.90 Å². The lowest BCUT2D eigenvalue weighted by Gasteiger charge is -2.15. The number of benzene rings is 2. The summed E-state index contributed by atoms with van der Waals surface area (Å²) in [5, 5.41) is 6.22. The summed E-state index contributed by atoms with van der Waals surface area (Å²) in [4.78, 5) is 14.5. The summed E-state index contributed by atoms with van der Waals surface area (Å²) in [6.45, 7) is 3.30. The zero-order valence-electron chi connectivity index (χ0n) is 13.2. The Labute approximate surface area is 151 Å². The van der Waals surface area contributed by atoms with Crippen molar-refractivity contribution in [3.63, 3.8) is 0 Å². The number of likely N-dealkylation sites (tertiary alicyclic amines) is 1. The van der Waals surface area contributed by atoms with Crippen LogP contribution in [0.5, 0.6) is 0 Å². The highest BCUT2D eigenvalue weighted by atomic mass is 35.5. The second-order valence-corrected chi connectivity index (χ2v) is 6.65. The van der Waals surface area contributed by atoms with Crippen LogP contribution in [-0.4, -0.2) is 24.0 Å². The highest BCUT2D eigenvalue weighted by Crippen LogP contribution is 2.29. The average Bonchev–Trinajstić information content (AvgIpc) is 3.07. The summed E-state index contributed by atoms with van der Waals surface area (Å²) in [6, 6.07) is 12.7. The Kier molecular flexibility index (Phi) is 5.61. The van der Waals surface area contributed by atoms with Crippen LogP contribution in [0, 0.1) is 0 Å². The lowest BCUT2D eigenvalue weighted by atomic mass is 10.2. The van der Waals surface area contributed by atoms with Crippen molar-refractivity contribution in [2.75, 3.05) is 23.7 Å². The van der Waals surface area contributed by atoms with Gasteiger partial charge >= 0.3 is 6.03 Å². The van der Waals surface area contributed by atoms with Gasteiger partial charge in [0.15, 0.2) is 0 Å². The first kappa shape index (κ1) is 17.1. The Hall–Kier alpha value is -1.75. The molecule has 2 N–H and O–H groups in total. The van der Waals surface area contributed by atoms with Gasteiger partial charge in [0.1, 0.15) is 0 Å². The third-order valence-corrected chi connectivity index (χ3v) is 4.84. The molecule has 3 rings (SSSR count). The molecule has 1 heterocycles. The fourth-order valence-electron chi connectivity index (χ4n) is 2.78. The van der Waals surface area contributed by atoms with Crippen LogP contribution < -0.4 is 10.6 Å². The Bertz CT molecular complexity index is 713. The zero-order valence-corrected chi connectivity index (χ0v) is 14.7. The maximum atomic E-state index is 12.1. The monoisotopic (exact) mass is 363 g/mol. The molecule has 4 nitrogen and oxygen atoms in total. The molecule has 0 atom stereocenters. The van der Waals surface area contributed by atoms with Crippen LogP contribution in [0.25, 0.3) is 0 Å². The second kappa shape index (κ2) is 7.88. The van der Waals surface area contributed by atoms with Crippen LogP contribution in [0.2, 0.25) is 10.0 Å². The van der Waals surface area contributed by atoms with E-state index in [0.717, 1.165) is 12.2 Å². The van der Waals surface area contributed by atoms with Crippen LogP contribution in [0.4, 0.5) is 16.2 Å². The molecular weight excluding hydrogens is 345 g/mol. The topological polar surface area (TPSA) is 44.4 Å². The Morgan fingerprint density at radius 3 is 2.42 bits per heavy atom. The van der Waals surface area contributed by atoms with Gasteiger partial charge < -0.3 is 10.6 Å². The minimum Gasteiger partial charge on any atom is -0.308 e. The van der Waals surface area contributed by atoms with Gasteiger partial charge in [-0.05, 0) is 55.8 Å². The van der Waals surface area contributed by atoms with Gasteiger partial charge in [-0.25, -0.2) is 4.79 Å². The molecule has 0 spiro atoms. The van der Waals surface area contributed by atoms with Crippen LogP contribution in [0.1, 0.15) is 18.4 Å². The molecule has 24 heavy (non-hydrogen) atoms. The molecular formula is C18H19Cl2N3O. The number of rotatable bonds is 4. The summed E-state index contributed by atoms with van der Waals surface area (Å²) in [7, 11) is 0. The average molecular weight is 364 g/mol. The lowest BCUT2D eigenvalue weighted by Crippen LogP contribution is -2.20.